The number of fused-ring (bicyclic) bond motifs is 1. The summed E-state index contributed by atoms with van der Waals surface area (Å²) in [5.41, 5.74) is 5.19. The third-order valence-electron chi connectivity index (χ3n) is 5.22. The smallest absolute Gasteiger partial charge is 0.336 e. The van der Waals surface area contributed by atoms with E-state index in [4.69, 9.17) is 4.42 Å². The van der Waals surface area contributed by atoms with Gasteiger partial charge in [-0.3, -0.25) is 0 Å². The first-order chi connectivity index (χ1) is 10.5. The van der Waals surface area contributed by atoms with E-state index < -0.39 is 0 Å². The van der Waals surface area contributed by atoms with Crippen LogP contribution in [-0.2, 0) is 6.54 Å². The van der Waals surface area contributed by atoms with Gasteiger partial charge in [0.1, 0.15) is 12.1 Å². The molecule has 1 aromatic carbocycles. The van der Waals surface area contributed by atoms with Gasteiger partial charge in [-0.05, 0) is 56.2 Å². The Kier molecular flexibility index (Phi) is 4.09. The standard InChI is InChI=1S/C19H25NO2/c1-12-5-7-20(8-6-12)11-16-10-17(21)22-19-15(4)13(2)9-14(3)18(16)19/h9-10,12H,5-8,11H2,1-4H3/p+1. The van der Waals surface area contributed by atoms with Crippen LogP contribution in [0, 0.1) is 26.7 Å². The molecule has 0 bridgehead atoms. The first-order valence-corrected chi connectivity index (χ1v) is 8.33. The Labute approximate surface area is 131 Å². The molecule has 0 saturated carbocycles. The van der Waals surface area contributed by atoms with Crippen LogP contribution in [0.1, 0.15) is 42.0 Å². The number of nitrogens with one attached hydrogen (secondary N) is 1. The Bertz CT molecular complexity index is 752. The average molecular weight is 300 g/mol. The van der Waals surface area contributed by atoms with Crippen molar-refractivity contribution in [1.29, 1.82) is 0 Å². The average Bonchev–Trinajstić information content (AvgIpc) is 2.46. The molecule has 1 N–H and O–H groups in total. The van der Waals surface area contributed by atoms with E-state index in [9.17, 15) is 4.79 Å². The number of piperidine rings is 1. The van der Waals surface area contributed by atoms with Crippen molar-refractivity contribution >= 4 is 11.0 Å². The molecular formula is C19H26NO2+. The van der Waals surface area contributed by atoms with Crippen LogP contribution >= 0.6 is 0 Å². The quantitative estimate of drug-likeness (QED) is 0.865. The molecule has 2 aromatic rings. The van der Waals surface area contributed by atoms with Gasteiger partial charge in [0, 0.05) is 17.0 Å². The maximum absolute atomic E-state index is 12.0. The van der Waals surface area contributed by atoms with E-state index in [1.54, 1.807) is 11.0 Å². The molecule has 3 nitrogen and oxygen atoms in total. The molecule has 3 heteroatoms. The predicted molar refractivity (Wildman–Crippen MR) is 89.5 cm³/mol. The molecule has 0 atom stereocenters. The molecule has 118 valence electrons. The van der Waals surface area contributed by atoms with E-state index in [1.165, 1.54) is 37.1 Å². The lowest BCUT2D eigenvalue weighted by Gasteiger charge is -2.27. The summed E-state index contributed by atoms with van der Waals surface area (Å²) in [7, 11) is 0. The number of aryl methyl sites for hydroxylation is 3. The third kappa shape index (κ3) is 2.82. The van der Waals surface area contributed by atoms with Crippen LogP contribution in [-0.4, -0.2) is 13.1 Å². The minimum Gasteiger partial charge on any atom is -0.422 e. The summed E-state index contributed by atoms with van der Waals surface area (Å²) >= 11 is 0. The van der Waals surface area contributed by atoms with Crippen LogP contribution in [0.4, 0.5) is 0 Å². The summed E-state index contributed by atoms with van der Waals surface area (Å²) in [6.07, 6.45) is 2.57. The van der Waals surface area contributed by atoms with Gasteiger partial charge in [0.05, 0.1) is 13.1 Å². The van der Waals surface area contributed by atoms with Crippen molar-refractivity contribution in [3.05, 3.63) is 44.8 Å². The van der Waals surface area contributed by atoms with Crippen LogP contribution in [0.15, 0.2) is 21.3 Å². The lowest BCUT2D eigenvalue weighted by molar-refractivity contribution is -0.919. The minimum atomic E-state index is -0.222. The molecule has 22 heavy (non-hydrogen) atoms. The van der Waals surface area contributed by atoms with Crippen LogP contribution < -0.4 is 10.5 Å². The van der Waals surface area contributed by atoms with Crippen molar-refractivity contribution in [2.45, 2.75) is 47.1 Å². The van der Waals surface area contributed by atoms with E-state index >= 15 is 0 Å². The summed E-state index contributed by atoms with van der Waals surface area (Å²) in [6, 6.07) is 3.91. The lowest BCUT2D eigenvalue weighted by atomic mass is 9.96. The van der Waals surface area contributed by atoms with Crippen molar-refractivity contribution in [3.8, 4) is 0 Å². The van der Waals surface area contributed by atoms with Crippen LogP contribution in [0.2, 0.25) is 0 Å². The van der Waals surface area contributed by atoms with Crippen LogP contribution in [0.3, 0.4) is 0 Å². The van der Waals surface area contributed by atoms with Crippen molar-refractivity contribution in [2.75, 3.05) is 13.1 Å². The molecule has 0 radical (unpaired) electrons. The van der Waals surface area contributed by atoms with Gasteiger partial charge in [-0.1, -0.05) is 13.0 Å². The van der Waals surface area contributed by atoms with E-state index in [0.717, 1.165) is 34.6 Å². The van der Waals surface area contributed by atoms with Gasteiger partial charge in [0.25, 0.3) is 0 Å². The van der Waals surface area contributed by atoms with Crippen molar-refractivity contribution in [3.63, 3.8) is 0 Å². The molecule has 0 amide bonds. The molecule has 0 spiro atoms. The molecule has 1 aromatic heterocycles. The van der Waals surface area contributed by atoms with Gasteiger partial charge in [-0.25, -0.2) is 4.79 Å². The van der Waals surface area contributed by atoms with E-state index in [-0.39, 0.29) is 5.63 Å². The molecule has 1 fully saturated rings. The Morgan fingerprint density at radius 3 is 2.50 bits per heavy atom. The van der Waals surface area contributed by atoms with E-state index in [0.29, 0.717) is 0 Å². The molecule has 2 heterocycles. The highest BCUT2D eigenvalue weighted by Gasteiger charge is 2.21. The van der Waals surface area contributed by atoms with Crippen LogP contribution in [0.25, 0.3) is 11.0 Å². The highest BCUT2D eigenvalue weighted by atomic mass is 16.4. The number of likely N-dealkylation sites (tertiary alicyclic amines) is 1. The summed E-state index contributed by atoms with van der Waals surface area (Å²) in [4.78, 5) is 13.6. The predicted octanol–water partition coefficient (Wildman–Crippen LogP) is 2.53. The lowest BCUT2D eigenvalue weighted by Crippen LogP contribution is -3.11. The second-order valence-electron chi connectivity index (χ2n) is 7.04. The van der Waals surface area contributed by atoms with Gasteiger partial charge in [0.2, 0.25) is 0 Å². The molecule has 1 saturated heterocycles. The normalized spacial score (nSPS) is 22.2. The Morgan fingerprint density at radius 2 is 1.82 bits per heavy atom. The number of hydrogen-bond donors (Lipinski definition) is 1. The fraction of sp³-hybridized carbons (Fsp3) is 0.526. The molecule has 1 aliphatic heterocycles. The fourth-order valence-corrected chi connectivity index (χ4v) is 3.68. The largest absolute Gasteiger partial charge is 0.422 e. The number of rotatable bonds is 2. The number of benzene rings is 1. The van der Waals surface area contributed by atoms with Gasteiger partial charge >= 0.3 is 5.63 Å². The zero-order valence-corrected chi connectivity index (χ0v) is 14.1. The van der Waals surface area contributed by atoms with Gasteiger partial charge in [0.15, 0.2) is 0 Å². The van der Waals surface area contributed by atoms with E-state index in [2.05, 4.69) is 26.8 Å². The Balaban J connectivity index is 2.05. The molecule has 3 rings (SSSR count). The summed E-state index contributed by atoms with van der Waals surface area (Å²) in [6.45, 7) is 11.9. The van der Waals surface area contributed by atoms with Gasteiger partial charge < -0.3 is 9.32 Å². The first kappa shape index (κ1) is 15.3. The maximum Gasteiger partial charge on any atom is 0.336 e. The SMILES string of the molecule is Cc1cc(C)c2c(C[NH+]3CCC(C)CC3)cc(=O)oc2c1C. The molecule has 0 unspecified atom stereocenters. The second kappa shape index (κ2) is 5.88. The molecular weight excluding hydrogens is 274 g/mol. The van der Waals surface area contributed by atoms with E-state index in [1.807, 2.05) is 6.92 Å². The Morgan fingerprint density at radius 1 is 1.14 bits per heavy atom. The van der Waals surface area contributed by atoms with Gasteiger partial charge in [-0.15, -0.1) is 0 Å². The third-order valence-corrected chi connectivity index (χ3v) is 5.22. The summed E-state index contributed by atoms with van der Waals surface area (Å²) in [5, 5.41) is 1.15. The summed E-state index contributed by atoms with van der Waals surface area (Å²) < 4.78 is 5.54. The van der Waals surface area contributed by atoms with Crippen molar-refractivity contribution < 1.29 is 9.32 Å². The molecule has 0 aliphatic carbocycles. The minimum absolute atomic E-state index is 0.222. The van der Waals surface area contributed by atoms with Crippen molar-refractivity contribution in [1.82, 2.24) is 0 Å². The van der Waals surface area contributed by atoms with Gasteiger partial charge in [-0.2, -0.15) is 0 Å². The highest BCUT2D eigenvalue weighted by molar-refractivity contribution is 5.87. The molecule has 1 aliphatic rings. The number of hydrogen-bond acceptors (Lipinski definition) is 2. The first-order valence-electron chi connectivity index (χ1n) is 8.33. The second-order valence-corrected chi connectivity index (χ2v) is 7.04. The van der Waals surface area contributed by atoms with Crippen LogP contribution in [0.5, 0.6) is 0 Å². The Hall–Kier alpha value is -1.61. The fourth-order valence-electron chi connectivity index (χ4n) is 3.68. The zero-order chi connectivity index (χ0) is 15.9. The zero-order valence-electron chi connectivity index (χ0n) is 14.1. The topological polar surface area (TPSA) is 34.7 Å². The number of quaternary nitrogens is 1. The summed E-state index contributed by atoms with van der Waals surface area (Å²) in [5.74, 6) is 0.841. The highest BCUT2D eigenvalue weighted by Crippen LogP contribution is 2.26. The monoisotopic (exact) mass is 300 g/mol. The maximum atomic E-state index is 12.0. The van der Waals surface area contributed by atoms with Crippen molar-refractivity contribution in [2.24, 2.45) is 5.92 Å².